The number of benzene rings is 1. The number of nitrogens with one attached hydrogen (secondary N) is 1. The van der Waals surface area contributed by atoms with Crippen LogP contribution in [0.5, 0.6) is 0 Å². The number of anilines is 1. The van der Waals surface area contributed by atoms with Crippen LogP contribution in [0.1, 0.15) is 19.8 Å². The van der Waals surface area contributed by atoms with E-state index in [1.807, 2.05) is 31.2 Å². The first kappa shape index (κ1) is 13.4. The highest BCUT2D eigenvalue weighted by atomic mass is 127. The summed E-state index contributed by atoms with van der Waals surface area (Å²) in [6.45, 7) is 2.57. The van der Waals surface area contributed by atoms with Crippen LogP contribution in [0.3, 0.4) is 0 Å². The van der Waals surface area contributed by atoms with Gasteiger partial charge in [0, 0.05) is 9.49 Å². The average Bonchev–Trinajstić information content (AvgIpc) is 2.28. The molecule has 0 saturated carbocycles. The van der Waals surface area contributed by atoms with Gasteiger partial charge in [0.2, 0.25) is 5.91 Å². The van der Waals surface area contributed by atoms with Crippen molar-refractivity contribution < 1.29 is 4.79 Å². The zero-order chi connectivity index (χ0) is 12.0. The van der Waals surface area contributed by atoms with E-state index in [4.69, 9.17) is 5.73 Å². The minimum atomic E-state index is 0.0135. The molecule has 3 nitrogen and oxygen atoms in total. The van der Waals surface area contributed by atoms with E-state index < -0.39 is 0 Å². The summed E-state index contributed by atoms with van der Waals surface area (Å²) in [7, 11) is 0. The number of carbonyl (C=O) groups excluding carboxylic acids is 1. The summed E-state index contributed by atoms with van der Waals surface area (Å²) in [6.07, 6.45) is 1.73. The Labute approximate surface area is 110 Å². The minimum absolute atomic E-state index is 0.0135. The summed E-state index contributed by atoms with van der Waals surface area (Å²) in [5.41, 5.74) is 6.30. The monoisotopic (exact) mass is 332 g/mol. The lowest BCUT2D eigenvalue weighted by atomic mass is 10.0. The summed E-state index contributed by atoms with van der Waals surface area (Å²) in [6, 6.07) is 7.76. The molecule has 0 spiro atoms. The van der Waals surface area contributed by atoms with Gasteiger partial charge in [-0.05, 0) is 54.1 Å². The van der Waals surface area contributed by atoms with Gasteiger partial charge in [-0.15, -0.1) is 0 Å². The van der Waals surface area contributed by atoms with E-state index in [2.05, 4.69) is 27.9 Å². The van der Waals surface area contributed by atoms with Crippen molar-refractivity contribution in [3.8, 4) is 0 Å². The van der Waals surface area contributed by atoms with Gasteiger partial charge >= 0.3 is 0 Å². The smallest absolute Gasteiger partial charge is 0.227 e. The van der Waals surface area contributed by atoms with Gasteiger partial charge in [-0.2, -0.15) is 0 Å². The van der Waals surface area contributed by atoms with Crippen molar-refractivity contribution >= 4 is 34.2 Å². The van der Waals surface area contributed by atoms with Gasteiger partial charge in [0.1, 0.15) is 0 Å². The molecule has 0 fully saturated rings. The van der Waals surface area contributed by atoms with Crippen molar-refractivity contribution in [2.24, 2.45) is 11.7 Å². The second-order valence-electron chi connectivity index (χ2n) is 3.80. The predicted molar refractivity (Wildman–Crippen MR) is 75.2 cm³/mol. The Bertz CT molecular complexity index is 355. The molecule has 0 aromatic heterocycles. The summed E-state index contributed by atoms with van der Waals surface area (Å²) in [5.74, 6) is 0.0807. The molecular weight excluding hydrogens is 315 g/mol. The fraction of sp³-hybridized carbons (Fsp3) is 0.417. The van der Waals surface area contributed by atoms with Gasteiger partial charge < -0.3 is 11.1 Å². The maximum absolute atomic E-state index is 11.8. The predicted octanol–water partition coefficient (Wildman–Crippen LogP) is 2.60. The molecule has 0 bridgehead atoms. The van der Waals surface area contributed by atoms with E-state index in [-0.39, 0.29) is 11.8 Å². The van der Waals surface area contributed by atoms with E-state index in [1.165, 1.54) is 0 Å². The van der Waals surface area contributed by atoms with Crippen molar-refractivity contribution in [1.29, 1.82) is 0 Å². The van der Waals surface area contributed by atoms with Gasteiger partial charge in [-0.1, -0.05) is 19.1 Å². The molecule has 16 heavy (non-hydrogen) atoms. The van der Waals surface area contributed by atoms with Crippen LogP contribution in [0.4, 0.5) is 5.69 Å². The van der Waals surface area contributed by atoms with E-state index >= 15 is 0 Å². The fourth-order valence-corrected chi connectivity index (χ4v) is 1.90. The van der Waals surface area contributed by atoms with E-state index in [0.717, 1.165) is 22.1 Å². The van der Waals surface area contributed by atoms with Crippen LogP contribution >= 0.6 is 22.6 Å². The summed E-state index contributed by atoms with van der Waals surface area (Å²) in [4.78, 5) is 11.8. The SMILES string of the molecule is CC(CCCN)C(=O)Nc1ccccc1I. The molecule has 1 aromatic rings. The third-order valence-electron chi connectivity index (χ3n) is 2.42. The third kappa shape index (κ3) is 4.09. The standard InChI is InChI=1S/C12H17IN2O/c1-9(5-4-8-14)12(16)15-11-7-3-2-6-10(11)13/h2-3,6-7,9H,4-5,8,14H2,1H3,(H,15,16). The van der Waals surface area contributed by atoms with Crippen molar-refractivity contribution in [2.75, 3.05) is 11.9 Å². The lowest BCUT2D eigenvalue weighted by Crippen LogP contribution is -2.21. The van der Waals surface area contributed by atoms with Gasteiger partial charge in [-0.25, -0.2) is 0 Å². The quantitative estimate of drug-likeness (QED) is 0.815. The number of halogens is 1. The Morgan fingerprint density at radius 1 is 1.50 bits per heavy atom. The second kappa shape index (κ2) is 6.85. The maximum atomic E-state index is 11.8. The average molecular weight is 332 g/mol. The van der Waals surface area contributed by atoms with Crippen molar-refractivity contribution in [3.63, 3.8) is 0 Å². The van der Waals surface area contributed by atoms with Crippen LogP contribution in [0.25, 0.3) is 0 Å². The topological polar surface area (TPSA) is 55.1 Å². The highest BCUT2D eigenvalue weighted by molar-refractivity contribution is 14.1. The highest BCUT2D eigenvalue weighted by Gasteiger charge is 2.13. The normalized spacial score (nSPS) is 12.2. The van der Waals surface area contributed by atoms with Crippen LogP contribution in [-0.4, -0.2) is 12.5 Å². The fourth-order valence-electron chi connectivity index (χ4n) is 1.37. The molecular formula is C12H17IN2O. The van der Waals surface area contributed by atoms with Crippen LogP contribution in [0.15, 0.2) is 24.3 Å². The van der Waals surface area contributed by atoms with Gasteiger partial charge in [-0.3, -0.25) is 4.79 Å². The van der Waals surface area contributed by atoms with Crippen LogP contribution < -0.4 is 11.1 Å². The molecule has 1 unspecified atom stereocenters. The lowest BCUT2D eigenvalue weighted by molar-refractivity contribution is -0.119. The van der Waals surface area contributed by atoms with E-state index in [0.29, 0.717) is 6.54 Å². The molecule has 0 aliphatic rings. The van der Waals surface area contributed by atoms with Crippen LogP contribution in [0, 0.1) is 9.49 Å². The first-order valence-electron chi connectivity index (χ1n) is 5.40. The number of rotatable bonds is 5. The molecule has 0 heterocycles. The van der Waals surface area contributed by atoms with Crippen molar-refractivity contribution in [1.82, 2.24) is 0 Å². The number of para-hydroxylation sites is 1. The number of amides is 1. The lowest BCUT2D eigenvalue weighted by Gasteiger charge is -2.12. The third-order valence-corrected chi connectivity index (χ3v) is 3.36. The Balaban J connectivity index is 2.54. The number of carbonyl (C=O) groups is 1. The molecule has 88 valence electrons. The molecule has 4 heteroatoms. The Kier molecular flexibility index (Phi) is 5.76. The zero-order valence-electron chi connectivity index (χ0n) is 9.37. The molecule has 1 amide bonds. The number of hydrogen-bond acceptors (Lipinski definition) is 2. The highest BCUT2D eigenvalue weighted by Crippen LogP contribution is 2.18. The summed E-state index contributed by atoms with van der Waals surface area (Å²) < 4.78 is 1.06. The molecule has 0 aliphatic carbocycles. The largest absolute Gasteiger partial charge is 0.330 e. The summed E-state index contributed by atoms with van der Waals surface area (Å²) in [5, 5.41) is 2.93. The zero-order valence-corrected chi connectivity index (χ0v) is 11.5. The van der Waals surface area contributed by atoms with Crippen LogP contribution in [-0.2, 0) is 4.79 Å². The van der Waals surface area contributed by atoms with Gasteiger partial charge in [0.05, 0.1) is 5.69 Å². The van der Waals surface area contributed by atoms with Crippen molar-refractivity contribution in [2.45, 2.75) is 19.8 Å². The first-order chi connectivity index (χ1) is 7.65. The Hall–Kier alpha value is -0.620. The van der Waals surface area contributed by atoms with E-state index in [9.17, 15) is 4.79 Å². The first-order valence-corrected chi connectivity index (χ1v) is 6.48. The van der Waals surface area contributed by atoms with Gasteiger partial charge in [0.25, 0.3) is 0 Å². The number of hydrogen-bond donors (Lipinski definition) is 2. The number of nitrogens with two attached hydrogens (primary N) is 1. The minimum Gasteiger partial charge on any atom is -0.330 e. The summed E-state index contributed by atoms with van der Waals surface area (Å²) >= 11 is 2.21. The molecule has 0 radical (unpaired) electrons. The van der Waals surface area contributed by atoms with Crippen molar-refractivity contribution in [3.05, 3.63) is 27.8 Å². The molecule has 1 aromatic carbocycles. The Morgan fingerprint density at radius 3 is 2.81 bits per heavy atom. The van der Waals surface area contributed by atoms with Gasteiger partial charge in [0.15, 0.2) is 0 Å². The molecule has 0 aliphatic heterocycles. The maximum Gasteiger partial charge on any atom is 0.227 e. The molecule has 1 atom stereocenters. The molecule has 0 saturated heterocycles. The van der Waals surface area contributed by atoms with Crippen LogP contribution in [0.2, 0.25) is 0 Å². The second-order valence-corrected chi connectivity index (χ2v) is 4.96. The Morgan fingerprint density at radius 2 is 2.19 bits per heavy atom. The van der Waals surface area contributed by atoms with E-state index in [1.54, 1.807) is 0 Å². The molecule has 1 rings (SSSR count). The molecule has 3 N–H and O–H groups in total.